The standard InChI is InChI=1S/C32H16N6/c33-17-23-19-11-7-15-34-31(19)36-32(35-23)38-26-14-6-2-9-20(26)28-27(38)16-22-18-8-1-4-12-24(18)37-25-13-5-3-10-21(25)29(28)30(22)37/h1-16H. The van der Waals surface area contributed by atoms with E-state index in [1.54, 1.807) is 12.3 Å². The molecule has 38 heavy (non-hydrogen) atoms. The van der Waals surface area contributed by atoms with Crippen molar-refractivity contribution in [3.63, 3.8) is 0 Å². The summed E-state index contributed by atoms with van der Waals surface area (Å²) in [6.07, 6.45) is 1.70. The molecular weight excluding hydrogens is 468 g/mol. The maximum Gasteiger partial charge on any atom is 0.238 e. The molecule has 6 nitrogen and oxygen atoms in total. The number of nitriles is 1. The molecule has 0 amide bonds. The van der Waals surface area contributed by atoms with Crippen molar-refractivity contribution in [1.29, 1.82) is 5.26 Å². The van der Waals surface area contributed by atoms with Gasteiger partial charge in [0.05, 0.1) is 33.0 Å². The zero-order valence-corrected chi connectivity index (χ0v) is 19.9. The molecule has 0 unspecified atom stereocenters. The predicted molar refractivity (Wildman–Crippen MR) is 151 cm³/mol. The van der Waals surface area contributed by atoms with Crippen molar-refractivity contribution >= 4 is 70.9 Å². The van der Waals surface area contributed by atoms with Gasteiger partial charge in [-0.2, -0.15) is 10.2 Å². The van der Waals surface area contributed by atoms with Crippen molar-refractivity contribution < 1.29 is 0 Å². The lowest BCUT2D eigenvalue weighted by atomic mass is 10.0. The highest BCUT2D eigenvalue weighted by Gasteiger charge is 2.24. The maximum absolute atomic E-state index is 9.93. The molecule has 5 aromatic heterocycles. The highest BCUT2D eigenvalue weighted by molar-refractivity contribution is 6.35. The van der Waals surface area contributed by atoms with Crippen molar-refractivity contribution in [3.8, 4) is 12.0 Å². The van der Waals surface area contributed by atoms with Gasteiger partial charge in [-0.25, -0.2) is 9.97 Å². The SMILES string of the molecule is N#Cc1nc(-n2c3ccccc3c3c4c5ccccc5n5c6ccccc6c(cc32)c45)nc2ncccc12. The number of rotatable bonds is 1. The summed E-state index contributed by atoms with van der Waals surface area (Å²) in [5, 5.41) is 17.7. The average molecular weight is 485 g/mol. The van der Waals surface area contributed by atoms with Crippen molar-refractivity contribution in [2.75, 3.05) is 0 Å². The second-order valence-electron chi connectivity index (χ2n) is 9.62. The van der Waals surface area contributed by atoms with Crippen molar-refractivity contribution in [3.05, 3.63) is 103 Å². The van der Waals surface area contributed by atoms with E-state index in [-0.39, 0.29) is 0 Å². The number of para-hydroxylation sites is 3. The monoisotopic (exact) mass is 484 g/mol. The fourth-order valence-electron chi connectivity index (χ4n) is 6.32. The van der Waals surface area contributed by atoms with Gasteiger partial charge in [-0.1, -0.05) is 54.6 Å². The quantitative estimate of drug-likeness (QED) is 0.248. The molecule has 0 N–H and O–H groups in total. The van der Waals surface area contributed by atoms with Crippen LogP contribution in [0.1, 0.15) is 5.69 Å². The molecule has 6 heteroatoms. The highest BCUT2D eigenvalue weighted by atomic mass is 15.2. The molecule has 0 spiro atoms. The Bertz CT molecular complexity index is 2470. The molecule has 9 rings (SSSR count). The lowest BCUT2D eigenvalue weighted by molar-refractivity contribution is 0.994. The average Bonchev–Trinajstić information content (AvgIpc) is 3.60. The molecule has 174 valence electrons. The van der Waals surface area contributed by atoms with Gasteiger partial charge in [0.1, 0.15) is 6.07 Å². The number of fused-ring (bicyclic) bond motifs is 11. The van der Waals surface area contributed by atoms with E-state index in [4.69, 9.17) is 9.97 Å². The van der Waals surface area contributed by atoms with E-state index in [0.717, 1.165) is 21.8 Å². The Balaban J connectivity index is 1.59. The molecule has 0 saturated carbocycles. The summed E-state index contributed by atoms with van der Waals surface area (Å²) in [6.45, 7) is 0. The molecule has 0 aliphatic heterocycles. The molecule has 0 aliphatic carbocycles. The largest absolute Gasteiger partial charge is 0.308 e. The van der Waals surface area contributed by atoms with E-state index in [1.165, 1.54) is 38.1 Å². The minimum absolute atomic E-state index is 0.316. The first kappa shape index (κ1) is 19.6. The number of pyridine rings is 1. The lowest BCUT2D eigenvalue weighted by Crippen LogP contribution is -2.04. The fraction of sp³-hybridized carbons (Fsp3) is 0. The summed E-state index contributed by atoms with van der Waals surface area (Å²) >= 11 is 0. The van der Waals surface area contributed by atoms with Gasteiger partial charge >= 0.3 is 0 Å². The number of hydrogen-bond donors (Lipinski definition) is 0. The van der Waals surface area contributed by atoms with E-state index in [0.29, 0.717) is 22.7 Å². The first-order chi connectivity index (χ1) is 18.8. The normalized spacial score (nSPS) is 12.2. The van der Waals surface area contributed by atoms with E-state index < -0.39 is 0 Å². The molecule has 0 aliphatic rings. The summed E-state index contributed by atoms with van der Waals surface area (Å²) < 4.78 is 4.48. The zero-order chi connectivity index (χ0) is 25.0. The summed E-state index contributed by atoms with van der Waals surface area (Å²) in [6, 6.07) is 33.7. The van der Waals surface area contributed by atoms with Crippen LogP contribution < -0.4 is 0 Å². The van der Waals surface area contributed by atoms with Crippen LogP contribution in [0.3, 0.4) is 0 Å². The van der Waals surface area contributed by atoms with Gasteiger partial charge in [-0.3, -0.25) is 4.57 Å². The predicted octanol–water partition coefficient (Wildman–Crippen LogP) is 7.14. The Kier molecular flexibility index (Phi) is 3.52. The topological polar surface area (TPSA) is 71.8 Å². The minimum Gasteiger partial charge on any atom is -0.308 e. The summed E-state index contributed by atoms with van der Waals surface area (Å²) in [5.41, 5.74) is 6.43. The van der Waals surface area contributed by atoms with Crippen LogP contribution in [0.5, 0.6) is 0 Å². The van der Waals surface area contributed by atoms with Gasteiger partial charge in [-0.05, 0) is 36.4 Å². The first-order valence-corrected chi connectivity index (χ1v) is 12.5. The molecule has 0 radical (unpaired) electrons. The Morgan fingerprint density at radius 2 is 1.26 bits per heavy atom. The highest BCUT2D eigenvalue weighted by Crippen LogP contribution is 2.46. The molecule has 9 aromatic rings. The van der Waals surface area contributed by atoms with Gasteiger partial charge in [0.2, 0.25) is 5.95 Å². The van der Waals surface area contributed by atoms with Crippen molar-refractivity contribution in [2.45, 2.75) is 0 Å². The van der Waals surface area contributed by atoms with Crippen LogP contribution in [0.2, 0.25) is 0 Å². The molecule has 0 saturated heterocycles. The third-order valence-corrected chi connectivity index (χ3v) is 7.77. The van der Waals surface area contributed by atoms with Crippen LogP contribution in [0.15, 0.2) is 97.2 Å². The second kappa shape index (κ2) is 6.81. The van der Waals surface area contributed by atoms with Gasteiger partial charge in [-0.15, -0.1) is 0 Å². The molecular formula is C32H16N6. The third-order valence-electron chi connectivity index (χ3n) is 7.77. The Morgan fingerprint density at radius 3 is 2.05 bits per heavy atom. The third kappa shape index (κ3) is 2.25. The number of hydrogen-bond acceptors (Lipinski definition) is 4. The van der Waals surface area contributed by atoms with Crippen LogP contribution >= 0.6 is 0 Å². The van der Waals surface area contributed by atoms with E-state index in [2.05, 4.69) is 92.8 Å². The van der Waals surface area contributed by atoms with Gasteiger partial charge < -0.3 is 4.40 Å². The number of benzene rings is 4. The number of aromatic nitrogens is 5. The van der Waals surface area contributed by atoms with Crippen LogP contribution in [0.25, 0.3) is 76.9 Å². The summed E-state index contributed by atoms with van der Waals surface area (Å²) in [4.78, 5) is 14.1. The molecule has 0 atom stereocenters. The van der Waals surface area contributed by atoms with Crippen LogP contribution in [-0.2, 0) is 0 Å². The van der Waals surface area contributed by atoms with Crippen LogP contribution in [-0.4, -0.2) is 23.9 Å². The van der Waals surface area contributed by atoms with E-state index >= 15 is 0 Å². The Hall–Kier alpha value is -5.54. The van der Waals surface area contributed by atoms with Crippen LogP contribution in [0.4, 0.5) is 0 Å². The van der Waals surface area contributed by atoms with Crippen molar-refractivity contribution in [2.24, 2.45) is 0 Å². The maximum atomic E-state index is 9.93. The zero-order valence-electron chi connectivity index (χ0n) is 19.9. The first-order valence-electron chi connectivity index (χ1n) is 12.5. The van der Waals surface area contributed by atoms with Crippen molar-refractivity contribution in [1.82, 2.24) is 23.9 Å². The fourth-order valence-corrected chi connectivity index (χ4v) is 6.32. The minimum atomic E-state index is 0.316. The summed E-state index contributed by atoms with van der Waals surface area (Å²) in [5.74, 6) is 0.445. The Labute approximate surface area is 215 Å². The second-order valence-corrected chi connectivity index (χ2v) is 9.62. The van der Waals surface area contributed by atoms with E-state index in [1.807, 2.05) is 12.1 Å². The van der Waals surface area contributed by atoms with E-state index in [9.17, 15) is 5.26 Å². The van der Waals surface area contributed by atoms with Gasteiger partial charge in [0, 0.05) is 38.5 Å². The smallest absolute Gasteiger partial charge is 0.238 e. The van der Waals surface area contributed by atoms with Gasteiger partial charge in [0.25, 0.3) is 0 Å². The summed E-state index contributed by atoms with van der Waals surface area (Å²) in [7, 11) is 0. The molecule has 4 aromatic carbocycles. The van der Waals surface area contributed by atoms with Crippen LogP contribution in [0, 0.1) is 11.3 Å². The number of nitrogens with zero attached hydrogens (tertiary/aromatic N) is 6. The molecule has 5 heterocycles. The Morgan fingerprint density at radius 1 is 0.605 bits per heavy atom. The lowest BCUT2D eigenvalue weighted by Gasteiger charge is -2.08. The molecule has 0 bridgehead atoms. The van der Waals surface area contributed by atoms with Gasteiger partial charge in [0.15, 0.2) is 11.3 Å². The molecule has 0 fully saturated rings.